The smallest absolute Gasteiger partial charge is 0.0735 e. The van der Waals surface area contributed by atoms with E-state index >= 15 is 0 Å². The molecule has 0 N–H and O–H groups in total. The third-order valence-corrected chi connectivity index (χ3v) is 15.5. The van der Waals surface area contributed by atoms with Crippen molar-refractivity contribution in [2.45, 2.75) is 22.1 Å². The molecule has 0 bridgehead atoms. The highest BCUT2D eigenvalue weighted by atomic mass is 32.2. The molecule has 0 amide bonds. The third kappa shape index (κ3) is 6.14. The van der Waals surface area contributed by atoms with Crippen LogP contribution in [0.5, 0.6) is 0 Å². The first-order valence-corrected chi connectivity index (χ1v) is 24.6. The van der Waals surface area contributed by atoms with Gasteiger partial charge in [-0.2, -0.15) is 0 Å². The van der Waals surface area contributed by atoms with Gasteiger partial charge in [0, 0.05) is 48.5 Å². The minimum Gasteiger partial charge on any atom is -0.310 e. The van der Waals surface area contributed by atoms with E-state index < -0.39 is 5.41 Å². The SMILES string of the molecule is C=C/C=C\C(=C/C)c1cccc(-c2ccccc2)c1-n1c2ccccc2c2cc(N(c3ccccc3)c3ccc4c5c(cccc35)C3(c5ccccc5Sc5ccccc53)c3ccccc3-4)ccc21. The first-order chi connectivity index (χ1) is 34.2. The number of hydrogen-bond donors (Lipinski definition) is 0. The highest BCUT2D eigenvalue weighted by molar-refractivity contribution is 7.99. The molecular weight excluding hydrogens is 853 g/mol. The number of rotatable bonds is 8. The van der Waals surface area contributed by atoms with Gasteiger partial charge in [0.05, 0.1) is 27.8 Å². The molecule has 1 aromatic heterocycles. The Morgan fingerprint density at radius 3 is 1.90 bits per heavy atom. The van der Waals surface area contributed by atoms with Crippen LogP contribution in [0.4, 0.5) is 17.1 Å². The summed E-state index contributed by atoms with van der Waals surface area (Å²) in [5.74, 6) is 0. The molecule has 0 unspecified atom stereocenters. The Morgan fingerprint density at radius 2 is 1.13 bits per heavy atom. The quantitative estimate of drug-likeness (QED) is 0.140. The second-order valence-electron chi connectivity index (χ2n) is 17.9. The molecule has 13 rings (SSSR count). The van der Waals surface area contributed by atoms with Gasteiger partial charge in [0.1, 0.15) is 0 Å². The first-order valence-electron chi connectivity index (χ1n) is 23.7. The molecule has 10 aromatic carbocycles. The summed E-state index contributed by atoms with van der Waals surface area (Å²) < 4.78 is 2.49. The monoisotopic (exact) mass is 898 g/mol. The van der Waals surface area contributed by atoms with Crippen molar-refractivity contribution in [2.24, 2.45) is 0 Å². The van der Waals surface area contributed by atoms with E-state index in [4.69, 9.17) is 0 Å². The number of aromatic nitrogens is 1. The van der Waals surface area contributed by atoms with Crippen molar-refractivity contribution in [3.8, 4) is 27.9 Å². The van der Waals surface area contributed by atoms with E-state index in [2.05, 4.69) is 260 Å². The van der Waals surface area contributed by atoms with E-state index in [1.807, 2.05) is 23.9 Å². The lowest BCUT2D eigenvalue weighted by Crippen LogP contribution is -2.36. The molecule has 0 fully saturated rings. The Morgan fingerprint density at radius 1 is 0.507 bits per heavy atom. The maximum Gasteiger partial charge on any atom is 0.0735 e. The largest absolute Gasteiger partial charge is 0.310 e. The zero-order valence-electron chi connectivity index (χ0n) is 38.2. The van der Waals surface area contributed by atoms with Gasteiger partial charge in [-0.05, 0) is 111 Å². The fourth-order valence-electron chi connectivity index (χ4n) is 11.6. The number of benzene rings is 10. The lowest BCUT2D eigenvalue weighted by Gasteiger charge is -2.46. The van der Waals surface area contributed by atoms with E-state index in [-0.39, 0.29) is 0 Å². The van der Waals surface area contributed by atoms with E-state index in [9.17, 15) is 0 Å². The molecule has 0 radical (unpaired) electrons. The minimum absolute atomic E-state index is 0.512. The second kappa shape index (κ2) is 16.4. The molecule has 0 atom stereocenters. The highest BCUT2D eigenvalue weighted by Gasteiger charge is 2.48. The van der Waals surface area contributed by atoms with Crippen LogP contribution in [-0.2, 0) is 5.41 Å². The molecule has 2 heterocycles. The summed E-state index contributed by atoms with van der Waals surface area (Å²) in [4.78, 5) is 5.08. The van der Waals surface area contributed by atoms with Crippen molar-refractivity contribution in [1.29, 1.82) is 0 Å². The van der Waals surface area contributed by atoms with Gasteiger partial charge in [-0.3, -0.25) is 0 Å². The predicted octanol–water partition coefficient (Wildman–Crippen LogP) is 18.0. The summed E-state index contributed by atoms with van der Waals surface area (Å²) in [6, 6.07) is 83.3. The van der Waals surface area contributed by atoms with Crippen LogP contribution in [0.25, 0.3) is 66.1 Å². The van der Waals surface area contributed by atoms with Gasteiger partial charge in [0.2, 0.25) is 0 Å². The molecule has 2 nitrogen and oxygen atoms in total. The van der Waals surface area contributed by atoms with Crippen LogP contribution in [0.3, 0.4) is 0 Å². The van der Waals surface area contributed by atoms with Crippen molar-refractivity contribution in [2.75, 3.05) is 4.90 Å². The van der Waals surface area contributed by atoms with Crippen LogP contribution in [0, 0.1) is 0 Å². The fraction of sp³-hybridized carbons (Fsp3) is 0.0303. The molecule has 3 heteroatoms. The minimum atomic E-state index is -0.512. The molecule has 2 aliphatic rings. The van der Waals surface area contributed by atoms with Gasteiger partial charge in [0.15, 0.2) is 0 Å². The summed E-state index contributed by atoms with van der Waals surface area (Å²) in [7, 11) is 0. The zero-order valence-corrected chi connectivity index (χ0v) is 39.0. The predicted molar refractivity (Wildman–Crippen MR) is 293 cm³/mol. The van der Waals surface area contributed by atoms with Crippen LogP contribution in [0.2, 0.25) is 0 Å². The van der Waals surface area contributed by atoms with E-state index in [0.717, 1.165) is 44.9 Å². The van der Waals surface area contributed by atoms with Crippen LogP contribution in [0.1, 0.15) is 34.7 Å². The number of para-hydroxylation sites is 3. The summed E-state index contributed by atoms with van der Waals surface area (Å²) in [6.45, 7) is 6.12. The zero-order chi connectivity index (χ0) is 46.1. The standard InChI is InChI=1S/C66H46N2S/c1-3-5-22-44(4-2)48-29-20-30-49(45-23-8-6-9-24-45)65(48)68-59-36-17-13-28-51(59)54-43-47(39-41-61(54)68)67(46-25-10-7-11-26-46)60-42-40-52-50-27-12-14-32-55(50)66(58-35-21-31-53(60)64(52)58)56-33-15-18-37-62(56)69-63-38-19-16-34-57(63)66/h3-43H,1H2,2H3/b22-5-,44-4+. The first kappa shape index (κ1) is 40.9. The van der Waals surface area contributed by atoms with Gasteiger partial charge in [0.25, 0.3) is 0 Å². The van der Waals surface area contributed by atoms with Crippen LogP contribution in [0.15, 0.2) is 265 Å². The van der Waals surface area contributed by atoms with Gasteiger partial charge in [-0.15, -0.1) is 0 Å². The average Bonchev–Trinajstić information content (AvgIpc) is 3.74. The maximum absolute atomic E-state index is 4.00. The summed E-state index contributed by atoms with van der Waals surface area (Å²) in [5.41, 5.74) is 18.7. The van der Waals surface area contributed by atoms with Crippen LogP contribution in [-0.4, -0.2) is 4.57 Å². The summed E-state index contributed by atoms with van der Waals surface area (Å²) in [5, 5.41) is 4.89. The number of hydrogen-bond acceptors (Lipinski definition) is 2. The second-order valence-corrected chi connectivity index (χ2v) is 19.0. The van der Waals surface area contributed by atoms with Gasteiger partial charge < -0.3 is 9.47 Å². The van der Waals surface area contributed by atoms with E-state index in [0.29, 0.717) is 0 Å². The molecule has 11 aromatic rings. The van der Waals surface area contributed by atoms with E-state index in [1.54, 1.807) is 0 Å². The molecule has 1 aliphatic heterocycles. The molecule has 0 saturated carbocycles. The third-order valence-electron chi connectivity index (χ3n) is 14.4. The molecule has 0 saturated heterocycles. The van der Waals surface area contributed by atoms with Crippen LogP contribution >= 0.6 is 11.8 Å². The van der Waals surface area contributed by atoms with Gasteiger partial charge >= 0.3 is 0 Å². The van der Waals surface area contributed by atoms with Crippen molar-refractivity contribution < 1.29 is 0 Å². The molecular formula is C66H46N2S. The van der Waals surface area contributed by atoms with E-state index in [1.165, 1.54) is 75.8 Å². The Bertz CT molecular complexity index is 3870. The van der Waals surface area contributed by atoms with Crippen molar-refractivity contribution in [1.82, 2.24) is 4.57 Å². The normalized spacial score (nSPS) is 13.4. The van der Waals surface area contributed by atoms with Gasteiger partial charge in [-0.25, -0.2) is 0 Å². The van der Waals surface area contributed by atoms with Crippen LogP contribution < -0.4 is 4.90 Å². The lowest BCUT2D eigenvalue weighted by atomic mass is 9.59. The van der Waals surface area contributed by atoms with Crippen molar-refractivity contribution in [3.05, 3.63) is 283 Å². The van der Waals surface area contributed by atoms with Gasteiger partial charge in [-0.1, -0.05) is 213 Å². The molecule has 326 valence electrons. The fourth-order valence-corrected chi connectivity index (χ4v) is 12.8. The van der Waals surface area contributed by atoms with Crippen molar-refractivity contribution >= 4 is 67.0 Å². The Labute approximate surface area is 407 Å². The average molecular weight is 899 g/mol. The Hall–Kier alpha value is -8.37. The molecule has 69 heavy (non-hydrogen) atoms. The maximum atomic E-state index is 4.00. The number of fused-ring (bicyclic) bond motifs is 11. The summed E-state index contributed by atoms with van der Waals surface area (Å²) >= 11 is 1.89. The number of nitrogens with zero attached hydrogens (tertiary/aromatic N) is 2. The number of allylic oxidation sites excluding steroid dienone is 5. The lowest BCUT2D eigenvalue weighted by molar-refractivity contribution is 0.707. The highest BCUT2D eigenvalue weighted by Crippen LogP contribution is 2.62. The number of anilines is 3. The topological polar surface area (TPSA) is 8.17 Å². The Balaban J connectivity index is 1.08. The van der Waals surface area contributed by atoms with Crippen molar-refractivity contribution in [3.63, 3.8) is 0 Å². The summed E-state index contributed by atoms with van der Waals surface area (Å²) in [6.07, 6.45) is 8.23. The molecule has 1 spiro atoms. The molecule has 1 aliphatic carbocycles. The Kier molecular flexibility index (Phi) is 9.74.